The third kappa shape index (κ3) is 3.41. The van der Waals surface area contributed by atoms with E-state index in [0.717, 1.165) is 19.4 Å². The third-order valence-electron chi connectivity index (χ3n) is 3.70. The maximum Gasteiger partial charge on any atom is 0.272 e. The van der Waals surface area contributed by atoms with Crippen molar-refractivity contribution in [2.45, 2.75) is 31.8 Å². The lowest BCUT2D eigenvalue weighted by atomic mass is 9.99. The number of aromatic nitrogens is 2. The van der Waals surface area contributed by atoms with Crippen LogP contribution < -0.4 is 10.6 Å². The van der Waals surface area contributed by atoms with Crippen molar-refractivity contribution >= 4 is 11.7 Å². The lowest BCUT2D eigenvalue weighted by molar-refractivity contribution is 0.0890. The minimum absolute atomic E-state index is 0.142. The van der Waals surface area contributed by atoms with E-state index in [1.807, 2.05) is 0 Å². The second-order valence-corrected chi connectivity index (χ2v) is 5.08. The number of nitrogens with zero attached hydrogens (tertiary/aromatic N) is 3. The molecule has 1 aromatic rings. The summed E-state index contributed by atoms with van der Waals surface area (Å²) >= 11 is 0. The number of hydrogen-bond acceptors (Lipinski definition) is 5. The fourth-order valence-electron chi connectivity index (χ4n) is 2.27. The predicted molar refractivity (Wildman–Crippen MR) is 74.2 cm³/mol. The third-order valence-corrected chi connectivity index (χ3v) is 3.70. The van der Waals surface area contributed by atoms with Gasteiger partial charge < -0.3 is 15.5 Å². The van der Waals surface area contributed by atoms with Crippen LogP contribution in [0.3, 0.4) is 0 Å². The summed E-state index contributed by atoms with van der Waals surface area (Å²) in [5.41, 5.74) is 0.366. The summed E-state index contributed by atoms with van der Waals surface area (Å²) in [6.07, 6.45) is 1.96. The van der Waals surface area contributed by atoms with E-state index >= 15 is 0 Å². The van der Waals surface area contributed by atoms with Gasteiger partial charge >= 0.3 is 0 Å². The van der Waals surface area contributed by atoms with Crippen molar-refractivity contribution in [1.29, 1.82) is 0 Å². The van der Waals surface area contributed by atoms with Crippen LogP contribution in [0.2, 0.25) is 0 Å². The van der Waals surface area contributed by atoms with Gasteiger partial charge in [0.2, 0.25) is 0 Å². The standard InChI is InChI=1S/C13H21N5O/c1-9-8-10(6-7-18(9)3)15-13(19)11-4-5-12(14-2)17-16-11/h4-5,9-10H,6-8H2,1-3H3,(H,14,17)(H,15,19). The monoisotopic (exact) mass is 263 g/mol. The van der Waals surface area contributed by atoms with Crippen LogP contribution in [0.25, 0.3) is 0 Å². The van der Waals surface area contributed by atoms with Crippen molar-refractivity contribution in [2.75, 3.05) is 26.0 Å². The molecule has 104 valence electrons. The van der Waals surface area contributed by atoms with Crippen LogP contribution in [-0.2, 0) is 0 Å². The zero-order valence-electron chi connectivity index (χ0n) is 11.7. The molecule has 1 aromatic heterocycles. The van der Waals surface area contributed by atoms with Gasteiger partial charge in [0.05, 0.1) is 0 Å². The molecule has 0 bridgehead atoms. The van der Waals surface area contributed by atoms with Crippen LogP contribution in [-0.4, -0.2) is 53.7 Å². The molecule has 1 aliphatic heterocycles. The highest BCUT2D eigenvalue weighted by atomic mass is 16.2. The second kappa shape index (κ2) is 5.97. The van der Waals surface area contributed by atoms with Crippen molar-refractivity contribution in [1.82, 2.24) is 20.4 Å². The molecule has 2 N–H and O–H groups in total. The fraction of sp³-hybridized carbons (Fsp3) is 0.615. The van der Waals surface area contributed by atoms with Crippen LogP contribution in [0.1, 0.15) is 30.3 Å². The number of amides is 1. The van der Waals surface area contributed by atoms with Gasteiger partial charge in [-0.15, -0.1) is 10.2 Å². The molecular formula is C13H21N5O. The Kier molecular flexibility index (Phi) is 4.31. The minimum atomic E-state index is -0.142. The van der Waals surface area contributed by atoms with E-state index in [1.54, 1.807) is 19.2 Å². The lowest BCUT2D eigenvalue weighted by Gasteiger charge is -2.35. The van der Waals surface area contributed by atoms with Gasteiger partial charge in [-0.25, -0.2) is 0 Å². The topological polar surface area (TPSA) is 70.2 Å². The molecule has 2 atom stereocenters. The summed E-state index contributed by atoms with van der Waals surface area (Å²) in [6, 6.07) is 4.16. The molecule has 0 spiro atoms. The van der Waals surface area contributed by atoms with Gasteiger partial charge in [0, 0.05) is 25.7 Å². The first-order chi connectivity index (χ1) is 9.10. The Morgan fingerprint density at radius 1 is 1.42 bits per heavy atom. The molecule has 0 saturated carbocycles. The van der Waals surface area contributed by atoms with Crippen LogP contribution >= 0.6 is 0 Å². The maximum atomic E-state index is 12.1. The predicted octanol–water partition coefficient (Wildman–Crippen LogP) is 0.731. The van der Waals surface area contributed by atoms with E-state index in [9.17, 15) is 4.79 Å². The average Bonchev–Trinajstić information content (AvgIpc) is 2.43. The zero-order chi connectivity index (χ0) is 13.8. The molecule has 2 unspecified atom stereocenters. The number of carbonyl (C=O) groups is 1. The summed E-state index contributed by atoms with van der Waals surface area (Å²) in [7, 11) is 3.88. The van der Waals surface area contributed by atoms with Crippen LogP contribution in [0.4, 0.5) is 5.82 Å². The SMILES string of the molecule is CNc1ccc(C(=O)NC2CCN(C)C(C)C2)nn1. The number of piperidine rings is 1. The van der Waals surface area contributed by atoms with E-state index in [2.05, 4.69) is 39.7 Å². The smallest absolute Gasteiger partial charge is 0.272 e. The largest absolute Gasteiger partial charge is 0.372 e. The van der Waals surface area contributed by atoms with E-state index in [4.69, 9.17) is 0 Å². The quantitative estimate of drug-likeness (QED) is 0.841. The summed E-state index contributed by atoms with van der Waals surface area (Å²) in [5.74, 6) is 0.515. The van der Waals surface area contributed by atoms with Crippen molar-refractivity contribution in [3.05, 3.63) is 17.8 Å². The summed E-state index contributed by atoms with van der Waals surface area (Å²) in [5, 5.41) is 13.7. The summed E-state index contributed by atoms with van der Waals surface area (Å²) in [6.45, 7) is 3.19. The molecule has 2 heterocycles. The number of nitrogens with one attached hydrogen (secondary N) is 2. The highest BCUT2D eigenvalue weighted by Crippen LogP contribution is 2.15. The van der Waals surface area contributed by atoms with E-state index in [0.29, 0.717) is 17.6 Å². The first kappa shape index (κ1) is 13.7. The number of carbonyl (C=O) groups excluding carboxylic acids is 1. The molecule has 6 heteroatoms. The molecule has 1 amide bonds. The Morgan fingerprint density at radius 2 is 2.21 bits per heavy atom. The number of likely N-dealkylation sites (tertiary alicyclic amines) is 1. The van der Waals surface area contributed by atoms with Crippen molar-refractivity contribution in [3.63, 3.8) is 0 Å². The van der Waals surface area contributed by atoms with Crippen molar-refractivity contribution in [3.8, 4) is 0 Å². The van der Waals surface area contributed by atoms with Gasteiger partial charge in [-0.1, -0.05) is 0 Å². The molecule has 1 aliphatic rings. The van der Waals surface area contributed by atoms with Crippen molar-refractivity contribution < 1.29 is 4.79 Å². The number of anilines is 1. The second-order valence-electron chi connectivity index (χ2n) is 5.08. The molecule has 0 radical (unpaired) electrons. The molecule has 1 saturated heterocycles. The van der Waals surface area contributed by atoms with Gasteiger partial charge in [-0.3, -0.25) is 4.79 Å². The first-order valence-corrected chi connectivity index (χ1v) is 6.62. The Hall–Kier alpha value is -1.69. The Balaban J connectivity index is 1.93. The van der Waals surface area contributed by atoms with Crippen LogP contribution in [0.5, 0.6) is 0 Å². The molecular weight excluding hydrogens is 242 g/mol. The minimum Gasteiger partial charge on any atom is -0.372 e. The van der Waals surface area contributed by atoms with Crippen LogP contribution in [0, 0.1) is 0 Å². The summed E-state index contributed by atoms with van der Waals surface area (Å²) in [4.78, 5) is 14.4. The number of hydrogen-bond donors (Lipinski definition) is 2. The summed E-state index contributed by atoms with van der Waals surface area (Å²) < 4.78 is 0. The van der Waals surface area contributed by atoms with E-state index in [-0.39, 0.29) is 11.9 Å². The molecule has 0 aromatic carbocycles. The van der Waals surface area contributed by atoms with Gasteiger partial charge in [-0.2, -0.15) is 0 Å². The normalized spacial score (nSPS) is 23.9. The van der Waals surface area contributed by atoms with Crippen LogP contribution in [0.15, 0.2) is 12.1 Å². The Bertz CT molecular complexity index is 433. The Labute approximate surface area is 113 Å². The van der Waals surface area contributed by atoms with E-state index in [1.165, 1.54) is 0 Å². The first-order valence-electron chi connectivity index (χ1n) is 6.62. The Morgan fingerprint density at radius 3 is 2.79 bits per heavy atom. The molecule has 6 nitrogen and oxygen atoms in total. The number of rotatable bonds is 3. The molecule has 2 rings (SSSR count). The lowest BCUT2D eigenvalue weighted by Crippen LogP contribution is -2.47. The van der Waals surface area contributed by atoms with E-state index < -0.39 is 0 Å². The van der Waals surface area contributed by atoms with Gasteiger partial charge in [0.1, 0.15) is 5.82 Å². The highest BCUT2D eigenvalue weighted by molar-refractivity contribution is 5.92. The fourth-order valence-corrected chi connectivity index (χ4v) is 2.27. The molecule has 0 aliphatic carbocycles. The van der Waals surface area contributed by atoms with Gasteiger partial charge in [0.15, 0.2) is 5.69 Å². The molecule has 1 fully saturated rings. The average molecular weight is 263 g/mol. The van der Waals surface area contributed by atoms with Gasteiger partial charge in [0.25, 0.3) is 5.91 Å². The van der Waals surface area contributed by atoms with Crippen molar-refractivity contribution in [2.24, 2.45) is 0 Å². The highest BCUT2D eigenvalue weighted by Gasteiger charge is 2.24. The van der Waals surface area contributed by atoms with Gasteiger partial charge in [-0.05, 0) is 38.9 Å². The zero-order valence-corrected chi connectivity index (χ0v) is 11.7. The maximum absolute atomic E-state index is 12.1. The molecule has 19 heavy (non-hydrogen) atoms.